The molecule has 42 heavy (non-hydrogen) atoms. The van der Waals surface area contributed by atoms with Gasteiger partial charge in [-0.2, -0.15) is 27.4 Å². The van der Waals surface area contributed by atoms with Crippen molar-refractivity contribution in [3.63, 3.8) is 0 Å². The molecule has 222 valence electrons. The number of nitrogens with one attached hydrogen (secondary N) is 1. The number of sulfonamides is 1. The number of halogens is 3. The molecular weight excluding hydrogens is 573 g/mol. The molecule has 0 bridgehead atoms. The van der Waals surface area contributed by atoms with E-state index in [1.165, 1.54) is 18.2 Å². The molecule has 1 aliphatic heterocycles. The fourth-order valence-electron chi connectivity index (χ4n) is 4.63. The zero-order valence-electron chi connectivity index (χ0n) is 22.9. The minimum Gasteiger partial charge on any atom is -0.463 e. The highest BCUT2D eigenvalue weighted by Gasteiger charge is 2.41. The Hall–Kier alpha value is -3.97. The molecule has 0 unspecified atom stereocenters. The maximum atomic E-state index is 13.4. The maximum Gasteiger partial charge on any atom is 0.416 e. The quantitative estimate of drug-likeness (QED) is 0.272. The minimum absolute atomic E-state index is 0.0142. The Kier molecular flexibility index (Phi) is 8.24. The number of hydrogen-bond acceptors (Lipinski definition) is 7. The summed E-state index contributed by atoms with van der Waals surface area (Å²) in [4.78, 5) is 21.9. The molecule has 2 aromatic heterocycles. The first kappa shape index (κ1) is 29.5. The first-order valence-corrected chi connectivity index (χ1v) is 14.8. The summed E-state index contributed by atoms with van der Waals surface area (Å²) in [5, 5.41) is 3.16. The number of alkyl halides is 3. The highest BCUT2D eigenvalue weighted by atomic mass is 32.2. The van der Waals surface area contributed by atoms with Crippen LogP contribution in [-0.2, 0) is 27.5 Å². The van der Waals surface area contributed by atoms with E-state index in [-0.39, 0.29) is 30.1 Å². The second-order valence-corrected chi connectivity index (χ2v) is 12.2. The third-order valence-corrected chi connectivity index (χ3v) is 8.49. The molecule has 0 radical (unpaired) electrons. The van der Waals surface area contributed by atoms with E-state index in [1.807, 2.05) is 13.8 Å². The molecule has 0 saturated carbocycles. The van der Waals surface area contributed by atoms with Gasteiger partial charge in [0.15, 0.2) is 0 Å². The van der Waals surface area contributed by atoms with Crippen molar-refractivity contribution in [1.82, 2.24) is 19.6 Å². The molecule has 13 heteroatoms. The molecule has 1 aliphatic rings. The molecule has 1 saturated heterocycles. The number of carbonyl (C=O) groups is 1. The number of furan rings is 1. The first-order chi connectivity index (χ1) is 19.9. The highest BCUT2D eigenvalue weighted by Crippen LogP contribution is 2.32. The number of hydrogen-bond donors (Lipinski definition) is 1. The van der Waals surface area contributed by atoms with E-state index in [0.29, 0.717) is 47.4 Å². The van der Waals surface area contributed by atoms with Crippen LogP contribution in [0.25, 0.3) is 22.2 Å². The van der Waals surface area contributed by atoms with Gasteiger partial charge in [0.1, 0.15) is 11.6 Å². The zero-order chi connectivity index (χ0) is 30.1. The summed E-state index contributed by atoms with van der Waals surface area (Å²) in [6, 6.07) is 13.5. The van der Waals surface area contributed by atoms with Gasteiger partial charge in [0, 0.05) is 23.6 Å². The van der Waals surface area contributed by atoms with Crippen molar-refractivity contribution in [2.24, 2.45) is 5.92 Å². The topological polar surface area (TPSA) is 115 Å². The lowest BCUT2D eigenvalue weighted by molar-refractivity contribution is -0.137. The monoisotopic (exact) mass is 602 g/mol. The molecule has 1 atom stereocenters. The van der Waals surface area contributed by atoms with Crippen molar-refractivity contribution in [2.45, 2.75) is 50.5 Å². The molecule has 4 aromatic rings. The minimum atomic E-state index is -4.48. The number of rotatable bonds is 9. The fourth-order valence-corrected chi connectivity index (χ4v) is 6.24. The Morgan fingerprint density at radius 1 is 1.12 bits per heavy atom. The second kappa shape index (κ2) is 11.7. The molecule has 0 spiro atoms. The number of carbonyl (C=O) groups excluding carboxylic acids is 1. The van der Waals surface area contributed by atoms with E-state index < -0.39 is 33.7 Å². The number of amides is 1. The number of aromatic nitrogens is 2. The number of ether oxygens (including phenoxy) is 1. The number of fused-ring (bicyclic) bond motifs is 1. The Bertz CT molecular complexity index is 1650. The normalized spacial score (nSPS) is 16.3. The summed E-state index contributed by atoms with van der Waals surface area (Å²) in [6.07, 6.45) is -3.65. The van der Waals surface area contributed by atoms with E-state index in [0.717, 1.165) is 16.4 Å². The van der Waals surface area contributed by atoms with Gasteiger partial charge in [0.2, 0.25) is 11.0 Å². The van der Waals surface area contributed by atoms with Gasteiger partial charge < -0.3 is 14.5 Å². The average molecular weight is 603 g/mol. The van der Waals surface area contributed by atoms with Crippen molar-refractivity contribution in [3.8, 4) is 17.3 Å². The Labute approximate surface area is 240 Å². The lowest BCUT2D eigenvalue weighted by Gasteiger charge is -2.22. The van der Waals surface area contributed by atoms with E-state index in [4.69, 9.17) is 9.15 Å². The Morgan fingerprint density at radius 2 is 1.86 bits per heavy atom. The SMILES string of the molecule is CC(C)COc1nc(CNC(=O)[C@@H]2CCCN2S(=O)(=O)c2cc3ccccc3o2)cc(-c2ccc(C(F)(F)F)cc2)n1. The van der Waals surface area contributed by atoms with Crippen molar-refractivity contribution >= 4 is 26.9 Å². The van der Waals surface area contributed by atoms with Gasteiger partial charge in [-0.1, -0.05) is 44.2 Å². The third kappa shape index (κ3) is 6.41. The van der Waals surface area contributed by atoms with Crippen LogP contribution >= 0.6 is 0 Å². The van der Waals surface area contributed by atoms with Gasteiger partial charge in [-0.05, 0) is 43.0 Å². The van der Waals surface area contributed by atoms with Gasteiger partial charge in [-0.25, -0.2) is 8.42 Å². The highest BCUT2D eigenvalue weighted by molar-refractivity contribution is 7.89. The summed E-state index contributed by atoms with van der Waals surface area (Å²) in [5.74, 6) is -0.347. The summed E-state index contributed by atoms with van der Waals surface area (Å²) in [6.45, 7) is 4.26. The van der Waals surface area contributed by atoms with Gasteiger partial charge >= 0.3 is 12.2 Å². The van der Waals surface area contributed by atoms with Crippen LogP contribution < -0.4 is 10.1 Å². The van der Waals surface area contributed by atoms with Crippen LogP contribution in [0.15, 0.2) is 70.2 Å². The Balaban J connectivity index is 1.34. The van der Waals surface area contributed by atoms with Crippen LogP contribution in [0.3, 0.4) is 0 Å². The molecule has 2 aromatic carbocycles. The average Bonchev–Trinajstić information content (AvgIpc) is 3.63. The van der Waals surface area contributed by atoms with Crippen molar-refractivity contribution in [1.29, 1.82) is 0 Å². The number of para-hydroxylation sites is 1. The Morgan fingerprint density at radius 3 is 2.55 bits per heavy atom. The van der Waals surface area contributed by atoms with Crippen molar-refractivity contribution in [3.05, 3.63) is 71.9 Å². The number of benzene rings is 2. The molecule has 1 fully saturated rings. The number of nitrogens with zero attached hydrogens (tertiary/aromatic N) is 3. The van der Waals surface area contributed by atoms with Crippen LogP contribution in [-0.4, -0.2) is 47.8 Å². The van der Waals surface area contributed by atoms with Gasteiger partial charge in [-0.3, -0.25) is 4.79 Å². The predicted octanol–water partition coefficient (Wildman–Crippen LogP) is 5.41. The molecule has 0 aliphatic carbocycles. The van der Waals surface area contributed by atoms with Crippen LogP contribution in [0.1, 0.15) is 37.9 Å². The first-order valence-electron chi connectivity index (χ1n) is 13.4. The lowest BCUT2D eigenvalue weighted by atomic mass is 10.1. The zero-order valence-corrected chi connectivity index (χ0v) is 23.7. The largest absolute Gasteiger partial charge is 0.463 e. The summed E-state index contributed by atoms with van der Waals surface area (Å²) in [7, 11) is -4.08. The molecule has 3 heterocycles. The van der Waals surface area contributed by atoms with E-state index in [1.54, 1.807) is 30.3 Å². The second-order valence-electron chi connectivity index (χ2n) is 10.4. The standard InChI is InChI=1S/C29H29F3N4O5S/c1-18(2)17-40-28-34-22(15-23(35-28)19-9-11-21(12-10-19)29(30,31)32)16-33-27(37)24-7-5-13-36(24)42(38,39)26-14-20-6-3-4-8-25(20)41-26/h3-4,6,8-12,14-15,18,24H,5,7,13,16-17H2,1-2H3,(H,33,37)/t24-/m0/s1. The van der Waals surface area contributed by atoms with Crippen LogP contribution in [0.5, 0.6) is 6.01 Å². The van der Waals surface area contributed by atoms with E-state index in [2.05, 4.69) is 15.3 Å². The van der Waals surface area contributed by atoms with Gasteiger partial charge in [-0.15, -0.1) is 0 Å². The van der Waals surface area contributed by atoms with Crippen LogP contribution in [0, 0.1) is 5.92 Å². The van der Waals surface area contributed by atoms with Crippen LogP contribution in [0.4, 0.5) is 13.2 Å². The summed E-state index contributed by atoms with van der Waals surface area (Å²) in [5.41, 5.74) is 0.710. The molecule has 1 amide bonds. The molecule has 1 N–H and O–H groups in total. The van der Waals surface area contributed by atoms with E-state index in [9.17, 15) is 26.4 Å². The van der Waals surface area contributed by atoms with Gasteiger partial charge in [0.05, 0.1) is 30.1 Å². The predicted molar refractivity (Wildman–Crippen MR) is 148 cm³/mol. The van der Waals surface area contributed by atoms with E-state index >= 15 is 0 Å². The molecule has 5 rings (SSSR count). The smallest absolute Gasteiger partial charge is 0.416 e. The van der Waals surface area contributed by atoms with Crippen LogP contribution in [0.2, 0.25) is 0 Å². The third-order valence-electron chi connectivity index (χ3n) is 6.73. The molecular formula is C29H29F3N4O5S. The maximum absolute atomic E-state index is 13.4. The van der Waals surface area contributed by atoms with Gasteiger partial charge in [0.25, 0.3) is 10.0 Å². The molecule has 9 nitrogen and oxygen atoms in total. The van der Waals surface area contributed by atoms with Crippen molar-refractivity contribution < 1.29 is 35.5 Å². The summed E-state index contributed by atoms with van der Waals surface area (Å²) >= 11 is 0. The lowest BCUT2D eigenvalue weighted by Crippen LogP contribution is -2.45. The fraction of sp³-hybridized carbons (Fsp3) is 0.345. The summed E-state index contributed by atoms with van der Waals surface area (Å²) < 4.78 is 78.3. The van der Waals surface area contributed by atoms with Crippen molar-refractivity contribution in [2.75, 3.05) is 13.2 Å².